The Bertz CT molecular complexity index is 533. The average Bonchev–Trinajstić information content (AvgIpc) is 2.89. The largest absolute Gasteiger partial charge is 0.380 e. The molecule has 2 fully saturated rings. The number of aryl methyl sites for hydroxylation is 1. The predicted octanol–water partition coefficient (Wildman–Crippen LogP) is 1.76. The minimum Gasteiger partial charge on any atom is -0.380 e. The molecular weight excluding hydrogens is 302 g/mol. The molecule has 0 saturated carbocycles. The first-order chi connectivity index (χ1) is 11.7. The van der Waals surface area contributed by atoms with Gasteiger partial charge in [0.1, 0.15) is 0 Å². The second-order valence-corrected chi connectivity index (χ2v) is 6.76. The molecule has 0 atom stereocenters. The molecule has 2 aliphatic rings. The van der Waals surface area contributed by atoms with Gasteiger partial charge >= 0.3 is 0 Å². The Morgan fingerprint density at radius 1 is 1.08 bits per heavy atom. The van der Waals surface area contributed by atoms with Crippen molar-refractivity contribution in [1.29, 1.82) is 0 Å². The summed E-state index contributed by atoms with van der Waals surface area (Å²) < 4.78 is 5.42. The van der Waals surface area contributed by atoms with Crippen LogP contribution in [0.3, 0.4) is 0 Å². The Hall–Kier alpha value is -1.59. The molecule has 24 heavy (non-hydrogen) atoms. The Labute approximate surface area is 145 Å². The van der Waals surface area contributed by atoms with Crippen molar-refractivity contribution in [2.45, 2.75) is 19.8 Å². The molecule has 0 spiro atoms. The van der Waals surface area contributed by atoms with E-state index in [4.69, 9.17) is 4.74 Å². The van der Waals surface area contributed by atoms with Crippen LogP contribution in [0.5, 0.6) is 0 Å². The van der Waals surface area contributed by atoms with Crippen molar-refractivity contribution >= 4 is 11.6 Å². The molecule has 0 aromatic heterocycles. The zero-order chi connectivity index (χ0) is 16.8. The third-order valence-electron chi connectivity index (χ3n) is 4.96. The van der Waals surface area contributed by atoms with Crippen molar-refractivity contribution in [3.63, 3.8) is 0 Å². The summed E-state index contributed by atoms with van der Waals surface area (Å²) in [5, 5.41) is 0. The molecule has 1 aromatic carbocycles. The highest BCUT2D eigenvalue weighted by molar-refractivity contribution is 5.76. The van der Waals surface area contributed by atoms with Crippen LogP contribution in [0, 0.1) is 6.92 Å². The van der Waals surface area contributed by atoms with Gasteiger partial charge in [-0.1, -0.05) is 12.1 Å². The fourth-order valence-electron chi connectivity index (χ4n) is 3.46. The van der Waals surface area contributed by atoms with Crippen LogP contribution in [0.15, 0.2) is 24.3 Å². The fraction of sp³-hybridized carbons (Fsp3) is 0.632. The van der Waals surface area contributed by atoms with E-state index in [9.17, 15) is 4.79 Å². The molecule has 1 aromatic rings. The molecule has 2 aliphatic heterocycles. The zero-order valence-electron chi connectivity index (χ0n) is 14.7. The summed E-state index contributed by atoms with van der Waals surface area (Å²) in [5.74, 6) is 0.279. The van der Waals surface area contributed by atoms with Crippen LogP contribution in [0.4, 0.5) is 5.69 Å². The second-order valence-electron chi connectivity index (χ2n) is 6.76. The molecule has 0 N–H and O–H groups in total. The molecule has 5 heteroatoms. The first-order valence-electron chi connectivity index (χ1n) is 9.12. The summed E-state index contributed by atoms with van der Waals surface area (Å²) in [5.41, 5.74) is 2.62. The van der Waals surface area contributed by atoms with Crippen molar-refractivity contribution in [2.24, 2.45) is 0 Å². The molecule has 2 saturated heterocycles. The van der Waals surface area contributed by atoms with Crippen LogP contribution in [0.25, 0.3) is 0 Å². The standard InChI is InChI=1S/C19H29N3O2/c1-17-4-2-5-18(16-17)21-11-9-20(10-12-21)8-6-19(23)22-7-3-14-24-15-13-22/h2,4-5,16H,3,6-15H2,1H3. The summed E-state index contributed by atoms with van der Waals surface area (Å²) in [6.45, 7) is 10.2. The van der Waals surface area contributed by atoms with Crippen molar-refractivity contribution < 1.29 is 9.53 Å². The van der Waals surface area contributed by atoms with Gasteiger partial charge in [0.25, 0.3) is 0 Å². The number of carbonyl (C=O) groups is 1. The second kappa shape index (κ2) is 8.49. The SMILES string of the molecule is Cc1cccc(N2CCN(CCC(=O)N3CCCOCC3)CC2)c1. The maximum atomic E-state index is 12.4. The Kier molecular flexibility index (Phi) is 6.10. The minimum absolute atomic E-state index is 0.279. The highest BCUT2D eigenvalue weighted by Crippen LogP contribution is 2.18. The quantitative estimate of drug-likeness (QED) is 0.842. The van der Waals surface area contributed by atoms with Crippen LogP contribution in [0.2, 0.25) is 0 Å². The third kappa shape index (κ3) is 4.71. The normalized spacial score (nSPS) is 20.0. The molecule has 5 nitrogen and oxygen atoms in total. The number of benzene rings is 1. The van der Waals surface area contributed by atoms with Gasteiger partial charge in [0.05, 0.1) is 6.61 Å². The highest BCUT2D eigenvalue weighted by Gasteiger charge is 2.20. The molecule has 3 rings (SSSR count). The van der Waals surface area contributed by atoms with E-state index in [1.54, 1.807) is 0 Å². The number of anilines is 1. The summed E-state index contributed by atoms with van der Waals surface area (Å²) in [6, 6.07) is 8.70. The minimum atomic E-state index is 0.279. The van der Waals surface area contributed by atoms with Crippen LogP contribution in [-0.2, 0) is 9.53 Å². The zero-order valence-corrected chi connectivity index (χ0v) is 14.7. The average molecular weight is 331 g/mol. The number of rotatable bonds is 4. The Morgan fingerprint density at radius 2 is 1.92 bits per heavy atom. The molecule has 0 radical (unpaired) electrons. The molecular formula is C19H29N3O2. The van der Waals surface area contributed by atoms with E-state index in [1.807, 2.05) is 4.90 Å². The van der Waals surface area contributed by atoms with Crippen molar-refractivity contribution in [3.05, 3.63) is 29.8 Å². The number of hydrogen-bond acceptors (Lipinski definition) is 4. The van der Waals surface area contributed by atoms with E-state index < -0.39 is 0 Å². The topological polar surface area (TPSA) is 36.0 Å². The van der Waals surface area contributed by atoms with Crippen LogP contribution in [-0.4, -0.2) is 74.7 Å². The maximum Gasteiger partial charge on any atom is 0.223 e. The van der Waals surface area contributed by atoms with Crippen molar-refractivity contribution in [2.75, 3.05) is 63.9 Å². The predicted molar refractivity (Wildman–Crippen MR) is 96.5 cm³/mol. The molecule has 132 valence electrons. The van der Waals surface area contributed by atoms with Gasteiger partial charge in [-0.15, -0.1) is 0 Å². The first-order valence-corrected chi connectivity index (χ1v) is 9.12. The van der Waals surface area contributed by atoms with E-state index in [1.165, 1.54) is 11.3 Å². The Morgan fingerprint density at radius 3 is 2.71 bits per heavy atom. The van der Waals surface area contributed by atoms with Gasteiger partial charge < -0.3 is 14.5 Å². The third-order valence-corrected chi connectivity index (χ3v) is 4.96. The lowest BCUT2D eigenvalue weighted by Crippen LogP contribution is -2.47. The molecule has 0 aliphatic carbocycles. The summed E-state index contributed by atoms with van der Waals surface area (Å²) >= 11 is 0. The summed E-state index contributed by atoms with van der Waals surface area (Å²) in [7, 11) is 0. The first kappa shape index (κ1) is 17.2. The number of hydrogen-bond donors (Lipinski definition) is 0. The molecule has 1 amide bonds. The van der Waals surface area contributed by atoms with Gasteiger partial charge in [0.2, 0.25) is 5.91 Å². The van der Waals surface area contributed by atoms with Crippen LogP contribution >= 0.6 is 0 Å². The van der Waals surface area contributed by atoms with E-state index in [-0.39, 0.29) is 5.91 Å². The van der Waals surface area contributed by atoms with E-state index in [0.29, 0.717) is 13.0 Å². The van der Waals surface area contributed by atoms with Gasteiger partial charge in [-0.2, -0.15) is 0 Å². The smallest absolute Gasteiger partial charge is 0.223 e. The molecule has 2 heterocycles. The molecule has 0 unspecified atom stereocenters. The van der Waals surface area contributed by atoms with Crippen molar-refractivity contribution in [1.82, 2.24) is 9.80 Å². The molecule has 0 bridgehead atoms. The lowest BCUT2D eigenvalue weighted by atomic mass is 10.2. The summed E-state index contributed by atoms with van der Waals surface area (Å²) in [4.78, 5) is 19.2. The fourth-order valence-corrected chi connectivity index (χ4v) is 3.46. The Balaban J connectivity index is 1.41. The number of piperazine rings is 1. The number of ether oxygens (including phenoxy) is 1. The monoisotopic (exact) mass is 331 g/mol. The van der Waals surface area contributed by atoms with E-state index >= 15 is 0 Å². The van der Waals surface area contributed by atoms with Gasteiger partial charge in [-0.3, -0.25) is 9.69 Å². The van der Waals surface area contributed by atoms with Gasteiger partial charge in [-0.25, -0.2) is 0 Å². The van der Waals surface area contributed by atoms with Crippen molar-refractivity contribution in [3.8, 4) is 0 Å². The lowest BCUT2D eigenvalue weighted by Gasteiger charge is -2.36. The van der Waals surface area contributed by atoms with Gasteiger partial charge in [0.15, 0.2) is 0 Å². The van der Waals surface area contributed by atoms with Crippen LogP contribution in [0.1, 0.15) is 18.4 Å². The van der Waals surface area contributed by atoms with Gasteiger partial charge in [0, 0.05) is 64.5 Å². The van der Waals surface area contributed by atoms with E-state index in [0.717, 1.165) is 58.8 Å². The maximum absolute atomic E-state index is 12.4. The van der Waals surface area contributed by atoms with Gasteiger partial charge in [-0.05, 0) is 31.0 Å². The highest BCUT2D eigenvalue weighted by atomic mass is 16.5. The number of nitrogens with zero attached hydrogens (tertiary/aromatic N) is 3. The van der Waals surface area contributed by atoms with Crippen LogP contribution < -0.4 is 4.90 Å². The summed E-state index contributed by atoms with van der Waals surface area (Å²) in [6.07, 6.45) is 1.59. The number of amides is 1. The van der Waals surface area contributed by atoms with E-state index in [2.05, 4.69) is 41.0 Å². The lowest BCUT2D eigenvalue weighted by molar-refractivity contribution is -0.131. The number of carbonyl (C=O) groups excluding carboxylic acids is 1.